The highest BCUT2D eigenvalue weighted by atomic mass is 32.2. The second kappa shape index (κ2) is 9.26. The molecular weight excluding hydrogens is 414 g/mol. The SMILES string of the molecule is CCN(CC1COc2ccccc2O1)C(=O)CSc1cc(C(N)=O)c2ccccc2n1. The first-order valence-electron chi connectivity index (χ1n) is 10.0. The molecule has 8 heteroatoms. The van der Waals surface area contributed by atoms with Crippen LogP contribution < -0.4 is 15.2 Å². The minimum absolute atomic E-state index is 0.0365. The number of aromatic nitrogens is 1. The van der Waals surface area contributed by atoms with E-state index < -0.39 is 5.91 Å². The van der Waals surface area contributed by atoms with Gasteiger partial charge in [0.1, 0.15) is 6.61 Å². The number of carbonyl (C=O) groups is 2. The van der Waals surface area contributed by atoms with Crippen molar-refractivity contribution in [2.45, 2.75) is 18.1 Å². The fourth-order valence-corrected chi connectivity index (χ4v) is 4.28. The van der Waals surface area contributed by atoms with E-state index in [1.165, 1.54) is 11.8 Å². The number of amides is 2. The Hall–Kier alpha value is -3.26. The number of para-hydroxylation sites is 3. The number of hydrogen-bond acceptors (Lipinski definition) is 6. The normalized spacial score (nSPS) is 14.9. The molecule has 1 aliphatic rings. The molecule has 0 bridgehead atoms. The molecule has 0 saturated carbocycles. The average molecular weight is 438 g/mol. The van der Waals surface area contributed by atoms with Crippen molar-refractivity contribution in [3.8, 4) is 11.5 Å². The predicted octanol–water partition coefficient (Wildman–Crippen LogP) is 3.11. The number of carbonyl (C=O) groups excluding carboxylic acids is 2. The van der Waals surface area contributed by atoms with E-state index in [2.05, 4.69) is 4.98 Å². The topological polar surface area (TPSA) is 94.8 Å². The van der Waals surface area contributed by atoms with Crippen LogP contribution in [0.15, 0.2) is 59.6 Å². The summed E-state index contributed by atoms with van der Waals surface area (Å²) >= 11 is 1.29. The van der Waals surface area contributed by atoms with E-state index >= 15 is 0 Å². The molecule has 0 aliphatic carbocycles. The minimum atomic E-state index is -0.517. The lowest BCUT2D eigenvalue weighted by atomic mass is 10.1. The molecule has 2 aromatic carbocycles. The van der Waals surface area contributed by atoms with Gasteiger partial charge < -0.3 is 20.1 Å². The van der Waals surface area contributed by atoms with E-state index in [9.17, 15) is 9.59 Å². The van der Waals surface area contributed by atoms with Gasteiger partial charge in [0.2, 0.25) is 11.8 Å². The van der Waals surface area contributed by atoms with E-state index in [1.807, 2.05) is 55.5 Å². The number of benzene rings is 2. The first-order valence-corrected chi connectivity index (χ1v) is 11.0. The number of likely N-dealkylation sites (N-methyl/N-ethyl adjacent to an activating group) is 1. The van der Waals surface area contributed by atoms with Crippen LogP contribution in [0.5, 0.6) is 11.5 Å². The van der Waals surface area contributed by atoms with Crippen LogP contribution in [0.4, 0.5) is 0 Å². The number of nitrogens with zero attached hydrogens (tertiary/aromatic N) is 2. The summed E-state index contributed by atoms with van der Waals surface area (Å²) in [6, 6.07) is 16.5. The maximum absolute atomic E-state index is 12.8. The summed E-state index contributed by atoms with van der Waals surface area (Å²) in [5, 5.41) is 1.29. The van der Waals surface area contributed by atoms with Crippen molar-refractivity contribution >= 4 is 34.5 Å². The lowest BCUT2D eigenvalue weighted by Crippen LogP contribution is -2.44. The maximum atomic E-state index is 12.8. The summed E-state index contributed by atoms with van der Waals surface area (Å²) in [7, 11) is 0. The molecule has 1 atom stereocenters. The molecule has 0 saturated heterocycles. The molecule has 0 radical (unpaired) electrons. The summed E-state index contributed by atoms with van der Waals surface area (Å²) in [4.78, 5) is 31.0. The van der Waals surface area contributed by atoms with Crippen LogP contribution in [0.1, 0.15) is 17.3 Å². The maximum Gasteiger partial charge on any atom is 0.249 e. The average Bonchev–Trinajstić information content (AvgIpc) is 2.80. The van der Waals surface area contributed by atoms with Crippen molar-refractivity contribution in [3.63, 3.8) is 0 Å². The second-order valence-electron chi connectivity index (χ2n) is 7.11. The zero-order chi connectivity index (χ0) is 21.8. The largest absolute Gasteiger partial charge is 0.486 e. The summed E-state index contributed by atoms with van der Waals surface area (Å²) in [5.41, 5.74) is 6.61. The molecule has 31 heavy (non-hydrogen) atoms. The first kappa shape index (κ1) is 21.0. The molecular formula is C23H23N3O4S. The van der Waals surface area contributed by atoms with Crippen molar-refractivity contribution in [3.05, 3.63) is 60.2 Å². The number of hydrogen-bond donors (Lipinski definition) is 1. The van der Waals surface area contributed by atoms with Gasteiger partial charge in [-0.3, -0.25) is 9.59 Å². The molecule has 1 aliphatic heterocycles. The van der Waals surface area contributed by atoms with Gasteiger partial charge in [0.25, 0.3) is 0 Å². The van der Waals surface area contributed by atoms with Gasteiger partial charge >= 0.3 is 0 Å². The Kier molecular flexibility index (Phi) is 6.27. The van der Waals surface area contributed by atoms with Crippen LogP contribution in [0.2, 0.25) is 0 Å². The van der Waals surface area contributed by atoms with E-state index in [0.717, 1.165) is 5.75 Å². The number of rotatable bonds is 7. The lowest BCUT2D eigenvalue weighted by Gasteiger charge is -2.30. The Bertz CT molecular complexity index is 1120. The smallest absolute Gasteiger partial charge is 0.249 e. The van der Waals surface area contributed by atoms with Gasteiger partial charge in [-0.15, -0.1) is 0 Å². The summed E-state index contributed by atoms with van der Waals surface area (Å²) in [6.07, 6.45) is -0.232. The molecule has 7 nitrogen and oxygen atoms in total. The highest BCUT2D eigenvalue weighted by Crippen LogP contribution is 2.31. The predicted molar refractivity (Wildman–Crippen MR) is 120 cm³/mol. The molecule has 1 aromatic heterocycles. The fourth-order valence-electron chi connectivity index (χ4n) is 3.46. The van der Waals surface area contributed by atoms with Gasteiger partial charge in [0.05, 0.1) is 28.4 Å². The third kappa shape index (κ3) is 4.74. The van der Waals surface area contributed by atoms with Crippen LogP contribution >= 0.6 is 11.8 Å². The molecule has 2 N–H and O–H groups in total. The standard InChI is InChI=1S/C23H23N3O4S/c1-2-26(12-15-13-29-19-9-5-6-10-20(19)30-15)22(27)14-31-21-11-17(23(24)28)16-7-3-4-8-18(16)25-21/h3-11,15H,2,12-14H2,1H3,(H2,24,28). The Morgan fingerprint density at radius 2 is 1.90 bits per heavy atom. The Morgan fingerprint density at radius 3 is 2.68 bits per heavy atom. The molecule has 4 rings (SSSR count). The van der Waals surface area contributed by atoms with Crippen LogP contribution in [0, 0.1) is 0 Å². The van der Waals surface area contributed by atoms with Gasteiger partial charge in [-0.05, 0) is 31.2 Å². The molecule has 2 heterocycles. The molecule has 3 aromatic rings. The van der Waals surface area contributed by atoms with E-state index in [0.29, 0.717) is 46.9 Å². The number of fused-ring (bicyclic) bond motifs is 2. The number of primary amides is 1. The molecule has 0 spiro atoms. The van der Waals surface area contributed by atoms with Crippen LogP contribution in [-0.4, -0.2) is 53.3 Å². The number of pyridine rings is 1. The number of nitrogens with two attached hydrogens (primary N) is 1. The van der Waals surface area contributed by atoms with Gasteiger partial charge in [-0.1, -0.05) is 42.1 Å². The van der Waals surface area contributed by atoms with E-state index in [-0.39, 0.29) is 17.8 Å². The highest BCUT2D eigenvalue weighted by molar-refractivity contribution is 7.99. The van der Waals surface area contributed by atoms with Crippen molar-refractivity contribution in [2.75, 3.05) is 25.4 Å². The van der Waals surface area contributed by atoms with E-state index in [4.69, 9.17) is 15.2 Å². The molecule has 0 fully saturated rings. The zero-order valence-electron chi connectivity index (χ0n) is 17.1. The fraction of sp³-hybridized carbons (Fsp3) is 0.261. The highest BCUT2D eigenvalue weighted by Gasteiger charge is 2.25. The Balaban J connectivity index is 1.41. The van der Waals surface area contributed by atoms with Crippen molar-refractivity contribution in [1.29, 1.82) is 0 Å². The van der Waals surface area contributed by atoms with Crippen LogP contribution in [-0.2, 0) is 4.79 Å². The third-order valence-electron chi connectivity index (χ3n) is 5.03. The quantitative estimate of drug-likeness (QED) is 0.571. The summed E-state index contributed by atoms with van der Waals surface area (Å²) in [6.45, 7) is 3.31. The van der Waals surface area contributed by atoms with Crippen molar-refractivity contribution in [1.82, 2.24) is 9.88 Å². The molecule has 2 amide bonds. The van der Waals surface area contributed by atoms with E-state index in [1.54, 1.807) is 11.0 Å². The summed E-state index contributed by atoms with van der Waals surface area (Å²) in [5.74, 6) is 1.05. The Labute approximate surface area is 184 Å². The monoisotopic (exact) mass is 437 g/mol. The number of thioether (sulfide) groups is 1. The van der Waals surface area contributed by atoms with Crippen LogP contribution in [0.3, 0.4) is 0 Å². The minimum Gasteiger partial charge on any atom is -0.486 e. The molecule has 160 valence electrons. The van der Waals surface area contributed by atoms with Gasteiger partial charge in [-0.2, -0.15) is 0 Å². The third-order valence-corrected chi connectivity index (χ3v) is 5.92. The zero-order valence-corrected chi connectivity index (χ0v) is 17.9. The second-order valence-corrected chi connectivity index (χ2v) is 8.10. The van der Waals surface area contributed by atoms with Crippen LogP contribution in [0.25, 0.3) is 10.9 Å². The molecule has 1 unspecified atom stereocenters. The van der Waals surface area contributed by atoms with Gasteiger partial charge in [-0.25, -0.2) is 4.98 Å². The Morgan fingerprint density at radius 1 is 1.16 bits per heavy atom. The summed E-state index contributed by atoms with van der Waals surface area (Å²) < 4.78 is 11.7. The van der Waals surface area contributed by atoms with Gasteiger partial charge in [0.15, 0.2) is 17.6 Å². The first-order chi connectivity index (χ1) is 15.0. The van der Waals surface area contributed by atoms with Crippen molar-refractivity contribution < 1.29 is 19.1 Å². The lowest BCUT2D eigenvalue weighted by molar-refractivity contribution is -0.129. The van der Waals surface area contributed by atoms with Gasteiger partial charge in [0, 0.05) is 11.9 Å². The number of ether oxygens (including phenoxy) is 2. The van der Waals surface area contributed by atoms with Crippen molar-refractivity contribution in [2.24, 2.45) is 5.73 Å².